The third-order valence-corrected chi connectivity index (χ3v) is 2.57. The SMILES string of the molecule is NOS(=O)(=O)c1ccc([N+](=O)[O-])cc1. The molecule has 1 aromatic carbocycles. The summed E-state index contributed by atoms with van der Waals surface area (Å²) in [5.74, 6) is 4.51. The second-order valence-corrected chi connectivity index (χ2v) is 3.87. The van der Waals surface area contributed by atoms with Crippen molar-refractivity contribution in [2.45, 2.75) is 4.90 Å². The van der Waals surface area contributed by atoms with E-state index in [1.807, 2.05) is 0 Å². The molecule has 0 aliphatic rings. The van der Waals surface area contributed by atoms with Crippen LogP contribution in [0.4, 0.5) is 5.69 Å². The van der Waals surface area contributed by atoms with Crippen molar-refractivity contribution in [1.82, 2.24) is 0 Å². The minimum Gasteiger partial charge on any atom is -0.258 e. The summed E-state index contributed by atoms with van der Waals surface area (Å²) in [6.07, 6.45) is 0. The maximum absolute atomic E-state index is 11.0. The minimum atomic E-state index is -3.99. The molecule has 0 atom stereocenters. The quantitative estimate of drug-likeness (QED) is 0.571. The lowest BCUT2D eigenvalue weighted by molar-refractivity contribution is -0.384. The number of nitrogens with zero attached hydrogens (tertiary/aromatic N) is 1. The summed E-state index contributed by atoms with van der Waals surface area (Å²) >= 11 is 0. The van der Waals surface area contributed by atoms with Crippen molar-refractivity contribution >= 4 is 15.8 Å². The van der Waals surface area contributed by atoms with Gasteiger partial charge in [0.1, 0.15) is 0 Å². The maximum Gasteiger partial charge on any atom is 0.312 e. The zero-order valence-electron chi connectivity index (χ0n) is 6.78. The highest BCUT2D eigenvalue weighted by atomic mass is 32.2. The van der Waals surface area contributed by atoms with Gasteiger partial charge in [0.15, 0.2) is 0 Å². The number of hydrogen-bond acceptors (Lipinski definition) is 6. The zero-order chi connectivity index (χ0) is 10.8. The van der Waals surface area contributed by atoms with Crippen LogP contribution in [0.1, 0.15) is 0 Å². The highest BCUT2D eigenvalue weighted by molar-refractivity contribution is 7.86. The van der Waals surface area contributed by atoms with Crippen LogP contribution in [-0.4, -0.2) is 13.3 Å². The number of hydrogen-bond donors (Lipinski definition) is 1. The normalized spacial score (nSPS) is 11.2. The summed E-state index contributed by atoms with van der Waals surface area (Å²) in [6.45, 7) is 0. The molecule has 0 bridgehead atoms. The van der Waals surface area contributed by atoms with Crippen LogP contribution in [0.25, 0.3) is 0 Å². The Balaban J connectivity index is 3.12. The molecule has 0 radical (unpaired) electrons. The van der Waals surface area contributed by atoms with Gasteiger partial charge in [-0.25, -0.2) is 0 Å². The molecular weight excluding hydrogens is 212 g/mol. The number of nitro groups is 1. The first kappa shape index (κ1) is 10.6. The van der Waals surface area contributed by atoms with E-state index >= 15 is 0 Å². The molecule has 0 unspecified atom stereocenters. The van der Waals surface area contributed by atoms with Crippen LogP contribution in [0.5, 0.6) is 0 Å². The van der Waals surface area contributed by atoms with Crippen molar-refractivity contribution in [2.75, 3.05) is 0 Å². The van der Waals surface area contributed by atoms with Gasteiger partial charge in [0, 0.05) is 12.1 Å². The molecule has 0 aromatic heterocycles. The summed E-state index contributed by atoms with van der Waals surface area (Å²) in [7, 11) is -3.99. The Bertz CT molecular complexity index is 438. The molecule has 0 saturated carbocycles. The van der Waals surface area contributed by atoms with Gasteiger partial charge in [0.25, 0.3) is 5.69 Å². The molecule has 0 aliphatic carbocycles. The van der Waals surface area contributed by atoms with Gasteiger partial charge < -0.3 is 0 Å². The predicted octanol–water partition coefficient (Wildman–Crippen LogP) is 0.174. The van der Waals surface area contributed by atoms with E-state index in [0.717, 1.165) is 24.3 Å². The maximum atomic E-state index is 11.0. The first-order valence-electron chi connectivity index (χ1n) is 3.35. The van der Waals surface area contributed by atoms with Crippen molar-refractivity contribution in [3.63, 3.8) is 0 Å². The van der Waals surface area contributed by atoms with Gasteiger partial charge in [-0.1, -0.05) is 0 Å². The number of nitro benzene ring substituents is 1. The van der Waals surface area contributed by atoms with Crippen molar-refractivity contribution in [2.24, 2.45) is 5.90 Å². The molecule has 0 heterocycles. The fraction of sp³-hybridized carbons (Fsp3) is 0. The van der Waals surface area contributed by atoms with Gasteiger partial charge in [-0.2, -0.15) is 18.6 Å². The number of benzene rings is 1. The van der Waals surface area contributed by atoms with Gasteiger partial charge in [0.2, 0.25) is 0 Å². The molecule has 7 nitrogen and oxygen atoms in total. The van der Waals surface area contributed by atoms with Gasteiger partial charge >= 0.3 is 10.1 Å². The Labute approximate surface area is 79.3 Å². The van der Waals surface area contributed by atoms with Gasteiger partial charge in [-0.15, -0.1) is 0 Å². The number of non-ortho nitro benzene ring substituents is 1. The van der Waals surface area contributed by atoms with Crippen LogP contribution in [0, 0.1) is 10.1 Å². The average Bonchev–Trinajstić information content (AvgIpc) is 2.18. The zero-order valence-corrected chi connectivity index (χ0v) is 7.60. The van der Waals surface area contributed by atoms with Crippen molar-refractivity contribution < 1.29 is 17.6 Å². The molecule has 76 valence electrons. The molecule has 0 saturated heterocycles. The van der Waals surface area contributed by atoms with Crippen LogP contribution < -0.4 is 5.90 Å². The Morgan fingerprint density at radius 2 is 1.79 bits per heavy atom. The van der Waals surface area contributed by atoms with Gasteiger partial charge in [-0.3, -0.25) is 10.1 Å². The lowest BCUT2D eigenvalue weighted by Gasteiger charge is -1.98. The summed E-state index contributed by atoms with van der Waals surface area (Å²) in [5, 5.41) is 10.2. The molecule has 0 amide bonds. The molecule has 0 aliphatic heterocycles. The number of rotatable bonds is 3. The lowest BCUT2D eigenvalue weighted by atomic mass is 10.3. The van der Waals surface area contributed by atoms with E-state index in [4.69, 9.17) is 0 Å². The highest BCUT2D eigenvalue weighted by Gasteiger charge is 2.15. The molecule has 0 spiro atoms. The molecule has 2 N–H and O–H groups in total. The first-order chi connectivity index (χ1) is 6.47. The van der Waals surface area contributed by atoms with E-state index in [9.17, 15) is 18.5 Å². The van der Waals surface area contributed by atoms with E-state index in [0.29, 0.717) is 0 Å². The lowest BCUT2D eigenvalue weighted by Crippen LogP contribution is -2.10. The average molecular weight is 218 g/mol. The Morgan fingerprint density at radius 3 is 2.14 bits per heavy atom. The highest BCUT2D eigenvalue weighted by Crippen LogP contribution is 2.16. The predicted molar refractivity (Wildman–Crippen MR) is 45.6 cm³/mol. The number of nitrogens with two attached hydrogens (primary N) is 1. The van der Waals surface area contributed by atoms with Crippen molar-refractivity contribution in [3.8, 4) is 0 Å². The molecule has 1 aromatic rings. The Morgan fingerprint density at radius 1 is 1.29 bits per heavy atom. The molecule has 8 heteroatoms. The van der Waals surface area contributed by atoms with Crippen LogP contribution in [0.15, 0.2) is 29.2 Å². The standard InChI is InChI=1S/C6H6N2O5S/c7-13-14(11,12)6-3-1-5(2-4-6)8(9)10/h1-4H,7H2. The van der Waals surface area contributed by atoms with E-state index in [-0.39, 0.29) is 10.6 Å². The van der Waals surface area contributed by atoms with Gasteiger partial charge in [0.05, 0.1) is 9.82 Å². The summed E-state index contributed by atoms with van der Waals surface area (Å²) in [5.41, 5.74) is -0.207. The Hall–Kier alpha value is -1.51. The van der Waals surface area contributed by atoms with E-state index in [2.05, 4.69) is 10.2 Å². The van der Waals surface area contributed by atoms with E-state index in [1.165, 1.54) is 0 Å². The van der Waals surface area contributed by atoms with E-state index in [1.54, 1.807) is 0 Å². The van der Waals surface area contributed by atoms with Gasteiger partial charge in [-0.05, 0) is 12.1 Å². The summed E-state index contributed by atoms with van der Waals surface area (Å²) in [6, 6.07) is 4.18. The largest absolute Gasteiger partial charge is 0.312 e. The fourth-order valence-electron chi connectivity index (χ4n) is 0.790. The third kappa shape index (κ3) is 2.05. The monoisotopic (exact) mass is 218 g/mol. The first-order valence-corrected chi connectivity index (χ1v) is 4.76. The van der Waals surface area contributed by atoms with Crippen LogP contribution in [0.2, 0.25) is 0 Å². The van der Waals surface area contributed by atoms with E-state index < -0.39 is 15.0 Å². The molecule has 0 fully saturated rings. The Kier molecular flexibility index (Phi) is 2.79. The topological polar surface area (TPSA) is 113 Å². The fourth-order valence-corrected chi connectivity index (χ4v) is 1.37. The minimum absolute atomic E-state index is 0.207. The summed E-state index contributed by atoms with van der Waals surface area (Å²) in [4.78, 5) is 9.36. The van der Waals surface area contributed by atoms with Crippen LogP contribution >= 0.6 is 0 Å². The van der Waals surface area contributed by atoms with Crippen LogP contribution in [-0.2, 0) is 14.4 Å². The summed E-state index contributed by atoms with van der Waals surface area (Å²) < 4.78 is 25.7. The smallest absolute Gasteiger partial charge is 0.258 e. The second kappa shape index (κ2) is 3.70. The molecule has 14 heavy (non-hydrogen) atoms. The molecular formula is C6H6N2O5S. The second-order valence-electron chi connectivity index (χ2n) is 2.30. The van der Waals surface area contributed by atoms with Crippen LogP contribution in [0.3, 0.4) is 0 Å². The van der Waals surface area contributed by atoms with Crippen molar-refractivity contribution in [1.29, 1.82) is 0 Å². The van der Waals surface area contributed by atoms with Crippen molar-refractivity contribution in [3.05, 3.63) is 34.4 Å². The molecule has 1 rings (SSSR count). The third-order valence-electron chi connectivity index (χ3n) is 1.46.